The van der Waals surface area contributed by atoms with Crippen LogP contribution in [0.2, 0.25) is 10.0 Å². The Bertz CT molecular complexity index is 924. The summed E-state index contributed by atoms with van der Waals surface area (Å²) >= 11 is 12.1. The van der Waals surface area contributed by atoms with E-state index in [0.29, 0.717) is 11.3 Å². The van der Waals surface area contributed by atoms with Crippen molar-refractivity contribution in [3.05, 3.63) is 63.1 Å². The third kappa shape index (κ3) is 5.74. The number of amides is 1. The Morgan fingerprint density at radius 1 is 1.22 bits per heavy atom. The van der Waals surface area contributed by atoms with E-state index < -0.39 is 18.5 Å². The first-order valence-corrected chi connectivity index (χ1v) is 8.39. The molecule has 138 valence electrons. The van der Waals surface area contributed by atoms with E-state index >= 15 is 0 Å². The normalized spacial score (nSPS) is 10.8. The number of carbonyl (C=O) groups is 2. The summed E-state index contributed by atoms with van der Waals surface area (Å²) < 4.78 is 5.02. The fourth-order valence-electron chi connectivity index (χ4n) is 2.09. The van der Waals surface area contributed by atoms with Crippen molar-refractivity contribution in [2.24, 2.45) is 0 Å². The van der Waals surface area contributed by atoms with Gasteiger partial charge in [-0.3, -0.25) is 4.79 Å². The third-order valence-corrected chi connectivity index (χ3v) is 3.91. The largest absolute Gasteiger partial charge is 0.479 e. The first-order valence-electron chi connectivity index (χ1n) is 7.63. The van der Waals surface area contributed by atoms with Crippen molar-refractivity contribution in [3.8, 4) is 11.8 Å². The molecule has 0 bridgehead atoms. The van der Waals surface area contributed by atoms with Gasteiger partial charge >= 0.3 is 5.97 Å². The van der Waals surface area contributed by atoms with Crippen LogP contribution < -0.4 is 10.1 Å². The molecule has 1 amide bonds. The van der Waals surface area contributed by atoms with Gasteiger partial charge in [-0.1, -0.05) is 40.9 Å². The van der Waals surface area contributed by atoms with E-state index in [4.69, 9.17) is 33.0 Å². The number of anilines is 1. The standard InChI is InChI=1S/C19H14Cl2N2O4/c1-11-2-4-14(5-3-11)23-19(26)13(9-22)6-12-7-15(20)18(16(21)8-12)27-10-17(24)25/h2-8H,10H2,1H3,(H,23,26)(H,24,25)/b13-6+. The number of hydrogen-bond donors (Lipinski definition) is 2. The molecule has 6 nitrogen and oxygen atoms in total. The van der Waals surface area contributed by atoms with Gasteiger partial charge in [0.05, 0.1) is 10.0 Å². The van der Waals surface area contributed by atoms with Crippen LogP contribution in [0.5, 0.6) is 5.75 Å². The molecular weight excluding hydrogens is 391 g/mol. The SMILES string of the molecule is Cc1ccc(NC(=O)/C(C#N)=C/c2cc(Cl)c(OCC(=O)O)c(Cl)c2)cc1. The van der Waals surface area contributed by atoms with Crippen molar-refractivity contribution in [3.63, 3.8) is 0 Å². The Balaban J connectivity index is 2.23. The molecule has 2 aromatic carbocycles. The molecule has 0 aliphatic rings. The lowest BCUT2D eigenvalue weighted by atomic mass is 10.1. The fourth-order valence-corrected chi connectivity index (χ4v) is 2.70. The number of carboxylic acids is 1. The average molecular weight is 405 g/mol. The predicted molar refractivity (Wildman–Crippen MR) is 103 cm³/mol. The van der Waals surface area contributed by atoms with Gasteiger partial charge in [-0.25, -0.2) is 4.79 Å². The van der Waals surface area contributed by atoms with Gasteiger partial charge < -0.3 is 15.2 Å². The van der Waals surface area contributed by atoms with Gasteiger partial charge in [0.25, 0.3) is 5.91 Å². The average Bonchev–Trinajstić information content (AvgIpc) is 2.60. The highest BCUT2D eigenvalue weighted by Gasteiger charge is 2.14. The van der Waals surface area contributed by atoms with Crippen molar-refractivity contribution < 1.29 is 19.4 Å². The highest BCUT2D eigenvalue weighted by molar-refractivity contribution is 6.37. The zero-order valence-electron chi connectivity index (χ0n) is 14.1. The molecule has 0 aromatic heterocycles. The van der Waals surface area contributed by atoms with Gasteiger partial charge in [0.1, 0.15) is 11.6 Å². The molecule has 0 atom stereocenters. The lowest BCUT2D eigenvalue weighted by Crippen LogP contribution is -2.13. The monoisotopic (exact) mass is 404 g/mol. The summed E-state index contributed by atoms with van der Waals surface area (Å²) in [5.74, 6) is -1.74. The maximum absolute atomic E-state index is 12.3. The van der Waals surface area contributed by atoms with E-state index in [1.165, 1.54) is 18.2 Å². The van der Waals surface area contributed by atoms with Crippen LogP contribution in [0.4, 0.5) is 5.69 Å². The van der Waals surface area contributed by atoms with Gasteiger partial charge in [-0.15, -0.1) is 0 Å². The number of nitrogens with zero attached hydrogens (tertiary/aromatic N) is 1. The molecule has 8 heteroatoms. The maximum Gasteiger partial charge on any atom is 0.341 e. The van der Waals surface area contributed by atoms with E-state index in [0.717, 1.165) is 5.56 Å². The van der Waals surface area contributed by atoms with E-state index in [1.54, 1.807) is 12.1 Å². The minimum Gasteiger partial charge on any atom is -0.479 e. The molecule has 0 radical (unpaired) electrons. The highest BCUT2D eigenvalue weighted by Crippen LogP contribution is 2.34. The van der Waals surface area contributed by atoms with Gasteiger partial charge in [-0.05, 0) is 42.8 Å². The number of rotatable bonds is 6. The predicted octanol–water partition coefficient (Wildman–Crippen LogP) is 4.31. The number of halogens is 2. The number of ether oxygens (including phenoxy) is 1. The van der Waals surface area contributed by atoms with Crippen LogP contribution in [0.3, 0.4) is 0 Å². The Kier molecular flexibility index (Phi) is 6.83. The van der Waals surface area contributed by atoms with Crippen LogP contribution in [0.15, 0.2) is 42.0 Å². The zero-order chi connectivity index (χ0) is 20.0. The van der Waals surface area contributed by atoms with Crippen molar-refractivity contribution >= 4 is 46.8 Å². The first-order chi connectivity index (χ1) is 12.8. The summed E-state index contributed by atoms with van der Waals surface area (Å²) in [5.41, 5.74) is 1.84. The van der Waals surface area contributed by atoms with Crippen LogP contribution in [-0.2, 0) is 9.59 Å². The first kappa shape index (κ1) is 20.3. The van der Waals surface area contributed by atoms with Gasteiger partial charge in [-0.2, -0.15) is 5.26 Å². The van der Waals surface area contributed by atoms with Crippen LogP contribution in [0.25, 0.3) is 6.08 Å². The third-order valence-electron chi connectivity index (χ3n) is 3.35. The van der Waals surface area contributed by atoms with Crippen molar-refractivity contribution in [2.45, 2.75) is 6.92 Å². The molecule has 0 aliphatic heterocycles. The summed E-state index contributed by atoms with van der Waals surface area (Å²) in [7, 11) is 0. The quantitative estimate of drug-likeness (QED) is 0.551. The summed E-state index contributed by atoms with van der Waals surface area (Å²) in [5, 5.41) is 20.7. The van der Waals surface area contributed by atoms with E-state index in [2.05, 4.69) is 5.32 Å². The van der Waals surface area contributed by atoms with Crippen LogP contribution >= 0.6 is 23.2 Å². The lowest BCUT2D eigenvalue weighted by molar-refractivity contribution is -0.139. The molecule has 27 heavy (non-hydrogen) atoms. The van der Waals surface area contributed by atoms with Crippen molar-refractivity contribution in [1.82, 2.24) is 0 Å². The molecule has 2 rings (SSSR count). The molecule has 0 spiro atoms. The number of hydrogen-bond acceptors (Lipinski definition) is 4. The summed E-state index contributed by atoms with van der Waals surface area (Å²) in [4.78, 5) is 22.9. The number of nitrogens with one attached hydrogen (secondary N) is 1. The molecule has 0 saturated heterocycles. The number of benzene rings is 2. The maximum atomic E-state index is 12.3. The topological polar surface area (TPSA) is 99.4 Å². The molecule has 0 saturated carbocycles. The molecule has 0 unspecified atom stereocenters. The van der Waals surface area contributed by atoms with Gasteiger partial charge in [0.15, 0.2) is 12.4 Å². The Hall–Kier alpha value is -3.01. The number of nitriles is 1. The second-order valence-corrected chi connectivity index (χ2v) is 6.30. The fraction of sp³-hybridized carbons (Fsp3) is 0.105. The number of aliphatic carboxylic acids is 1. The van der Waals surface area contributed by atoms with Crippen LogP contribution in [0.1, 0.15) is 11.1 Å². The van der Waals surface area contributed by atoms with Crippen molar-refractivity contribution in [1.29, 1.82) is 5.26 Å². The van der Waals surface area contributed by atoms with E-state index in [-0.39, 0.29) is 21.4 Å². The smallest absolute Gasteiger partial charge is 0.341 e. The summed E-state index contributed by atoms with van der Waals surface area (Å²) in [6.07, 6.45) is 1.32. The Labute approximate surface area is 165 Å². The molecule has 2 aromatic rings. The number of carbonyl (C=O) groups excluding carboxylic acids is 1. The number of carboxylic acid groups (broad SMARTS) is 1. The Morgan fingerprint density at radius 2 is 1.81 bits per heavy atom. The highest BCUT2D eigenvalue weighted by atomic mass is 35.5. The molecular formula is C19H14Cl2N2O4. The Morgan fingerprint density at radius 3 is 2.33 bits per heavy atom. The van der Waals surface area contributed by atoms with Gasteiger partial charge in [0.2, 0.25) is 0 Å². The minimum absolute atomic E-state index is 0.0143. The van der Waals surface area contributed by atoms with Crippen LogP contribution in [-0.4, -0.2) is 23.6 Å². The summed E-state index contributed by atoms with van der Waals surface area (Å²) in [6, 6.07) is 11.8. The molecule has 0 fully saturated rings. The van der Waals surface area contributed by atoms with E-state index in [1.807, 2.05) is 25.1 Å². The number of aryl methyl sites for hydroxylation is 1. The minimum atomic E-state index is -1.18. The molecule has 2 N–H and O–H groups in total. The van der Waals surface area contributed by atoms with E-state index in [9.17, 15) is 14.9 Å². The summed E-state index contributed by atoms with van der Waals surface area (Å²) in [6.45, 7) is 1.32. The lowest BCUT2D eigenvalue weighted by Gasteiger charge is -2.09. The van der Waals surface area contributed by atoms with Crippen molar-refractivity contribution in [2.75, 3.05) is 11.9 Å². The van der Waals surface area contributed by atoms with Gasteiger partial charge in [0, 0.05) is 5.69 Å². The molecule has 0 aliphatic carbocycles. The second-order valence-electron chi connectivity index (χ2n) is 5.49. The second kappa shape index (κ2) is 9.08. The molecule has 0 heterocycles. The van der Waals surface area contributed by atoms with Crippen LogP contribution in [0, 0.1) is 18.3 Å². The zero-order valence-corrected chi connectivity index (χ0v) is 15.6.